The van der Waals surface area contributed by atoms with Crippen LogP contribution in [-0.2, 0) is 14.3 Å². The molecule has 0 radical (unpaired) electrons. The lowest BCUT2D eigenvalue weighted by Gasteiger charge is -2.19. The molecule has 0 amide bonds. The van der Waals surface area contributed by atoms with Crippen molar-refractivity contribution >= 4 is 5.97 Å². The van der Waals surface area contributed by atoms with E-state index in [1.54, 1.807) is 14.0 Å². The van der Waals surface area contributed by atoms with E-state index in [1.807, 2.05) is 13.8 Å². The summed E-state index contributed by atoms with van der Waals surface area (Å²) in [5, 5.41) is 3.14. The SMILES string of the molecule is CCOC(=O)C(CCOC)NC(C)C. The van der Waals surface area contributed by atoms with Crippen LogP contribution in [0.15, 0.2) is 0 Å². The second-order valence-electron chi connectivity index (χ2n) is 3.41. The maximum Gasteiger partial charge on any atom is 0.323 e. The predicted molar refractivity (Wildman–Crippen MR) is 55.2 cm³/mol. The summed E-state index contributed by atoms with van der Waals surface area (Å²) in [6.45, 7) is 6.78. The third kappa shape index (κ3) is 5.94. The first kappa shape index (κ1) is 13.4. The summed E-state index contributed by atoms with van der Waals surface area (Å²) in [6, 6.07) is 0.0103. The van der Waals surface area contributed by atoms with Crippen LogP contribution in [0.25, 0.3) is 0 Å². The largest absolute Gasteiger partial charge is 0.465 e. The van der Waals surface area contributed by atoms with E-state index in [-0.39, 0.29) is 18.1 Å². The van der Waals surface area contributed by atoms with Crippen LogP contribution in [0.5, 0.6) is 0 Å². The molecule has 0 aliphatic heterocycles. The molecular weight excluding hydrogens is 182 g/mol. The van der Waals surface area contributed by atoms with Gasteiger partial charge in [-0.2, -0.15) is 0 Å². The number of hydrogen-bond acceptors (Lipinski definition) is 4. The standard InChI is InChI=1S/C10H21NO3/c1-5-14-10(12)9(6-7-13-4)11-8(2)3/h8-9,11H,5-7H2,1-4H3. The Kier molecular flexibility index (Phi) is 7.42. The molecule has 4 heteroatoms. The molecule has 0 aromatic carbocycles. The van der Waals surface area contributed by atoms with Crippen LogP contribution in [0.4, 0.5) is 0 Å². The van der Waals surface area contributed by atoms with Gasteiger partial charge in [-0.15, -0.1) is 0 Å². The molecule has 0 spiro atoms. The zero-order valence-electron chi connectivity index (χ0n) is 9.50. The van der Waals surface area contributed by atoms with E-state index in [4.69, 9.17) is 9.47 Å². The number of nitrogens with one attached hydrogen (secondary N) is 1. The number of hydrogen-bond donors (Lipinski definition) is 1. The van der Waals surface area contributed by atoms with Gasteiger partial charge >= 0.3 is 5.97 Å². The van der Waals surface area contributed by atoms with Crippen LogP contribution < -0.4 is 5.32 Å². The molecule has 0 saturated carbocycles. The summed E-state index contributed by atoms with van der Waals surface area (Å²) in [4.78, 5) is 11.4. The summed E-state index contributed by atoms with van der Waals surface area (Å²) < 4.78 is 9.88. The Balaban J connectivity index is 4.01. The summed E-state index contributed by atoms with van der Waals surface area (Å²) in [5.74, 6) is -0.196. The Morgan fingerprint density at radius 3 is 2.50 bits per heavy atom. The molecule has 1 atom stereocenters. The molecule has 0 aliphatic carbocycles. The molecule has 4 nitrogen and oxygen atoms in total. The van der Waals surface area contributed by atoms with Gasteiger partial charge in [0, 0.05) is 19.8 Å². The van der Waals surface area contributed by atoms with Gasteiger partial charge in [-0.3, -0.25) is 4.79 Å². The Bertz CT molecular complexity index is 159. The lowest BCUT2D eigenvalue weighted by molar-refractivity contribution is -0.146. The molecule has 0 rings (SSSR count). The fourth-order valence-electron chi connectivity index (χ4n) is 1.15. The lowest BCUT2D eigenvalue weighted by Crippen LogP contribution is -2.42. The minimum atomic E-state index is -0.255. The van der Waals surface area contributed by atoms with Crippen LogP contribution in [0.2, 0.25) is 0 Å². The summed E-state index contributed by atoms with van der Waals surface area (Å²) in [7, 11) is 1.62. The van der Waals surface area contributed by atoms with Crippen molar-refractivity contribution in [2.45, 2.75) is 39.3 Å². The fraction of sp³-hybridized carbons (Fsp3) is 0.900. The molecule has 1 N–H and O–H groups in total. The van der Waals surface area contributed by atoms with Gasteiger partial charge < -0.3 is 14.8 Å². The van der Waals surface area contributed by atoms with E-state index in [0.717, 1.165) is 0 Å². The molecule has 0 bridgehead atoms. The van der Waals surface area contributed by atoms with Crippen LogP contribution in [0, 0.1) is 0 Å². The highest BCUT2D eigenvalue weighted by Crippen LogP contribution is 1.98. The van der Waals surface area contributed by atoms with Crippen molar-refractivity contribution in [3.05, 3.63) is 0 Å². The maximum atomic E-state index is 11.4. The summed E-state index contributed by atoms with van der Waals surface area (Å²) in [6.07, 6.45) is 0.646. The second kappa shape index (κ2) is 7.76. The molecular formula is C10H21NO3. The molecule has 0 saturated heterocycles. The average molecular weight is 203 g/mol. The number of carbonyl (C=O) groups excluding carboxylic acids is 1. The Hall–Kier alpha value is -0.610. The van der Waals surface area contributed by atoms with Crippen LogP contribution >= 0.6 is 0 Å². The molecule has 0 aliphatic rings. The van der Waals surface area contributed by atoms with Crippen molar-refractivity contribution in [1.29, 1.82) is 0 Å². The van der Waals surface area contributed by atoms with Crippen molar-refractivity contribution in [2.75, 3.05) is 20.3 Å². The van der Waals surface area contributed by atoms with Gasteiger partial charge in [0.1, 0.15) is 6.04 Å². The van der Waals surface area contributed by atoms with Gasteiger partial charge in [0.25, 0.3) is 0 Å². The monoisotopic (exact) mass is 203 g/mol. The molecule has 0 fully saturated rings. The van der Waals surface area contributed by atoms with E-state index in [2.05, 4.69) is 5.32 Å². The van der Waals surface area contributed by atoms with E-state index in [0.29, 0.717) is 19.6 Å². The van der Waals surface area contributed by atoms with E-state index >= 15 is 0 Å². The van der Waals surface area contributed by atoms with Gasteiger partial charge in [-0.1, -0.05) is 13.8 Å². The van der Waals surface area contributed by atoms with Crippen LogP contribution in [0.1, 0.15) is 27.2 Å². The van der Waals surface area contributed by atoms with Crippen LogP contribution in [-0.4, -0.2) is 38.4 Å². The van der Waals surface area contributed by atoms with Gasteiger partial charge in [0.2, 0.25) is 0 Å². The molecule has 14 heavy (non-hydrogen) atoms. The zero-order chi connectivity index (χ0) is 11.0. The highest BCUT2D eigenvalue weighted by atomic mass is 16.5. The van der Waals surface area contributed by atoms with E-state index in [1.165, 1.54) is 0 Å². The highest BCUT2D eigenvalue weighted by molar-refractivity contribution is 5.75. The predicted octanol–water partition coefficient (Wildman–Crippen LogP) is 0.953. The minimum absolute atomic E-state index is 0.196. The van der Waals surface area contributed by atoms with Crippen molar-refractivity contribution in [3.8, 4) is 0 Å². The minimum Gasteiger partial charge on any atom is -0.465 e. The topological polar surface area (TPSA) is 47.6 Å². The molecule has 0 aromatic heterocycles. The van der Waals surface area contributed by atoms with Gasteiger partial charge in [0.15, 0.2) is 0 Å². The smallest absolute Gasteiger partial charge is 0.323 e. The first-order chi connectivity index (χ1) is 6.61. The van der Waals surface area contributed by atoms with Crippen molar-refractivity contribution in [1.82, 2.24) is 5.32 Å². The van der Waals surface area contributed by atoms with Crippen LogP contribution in [0.3, 0.4) is 0 Å². The number of carbonyl (C=O) groups is 1. The fourth-order valence-corrected chi connectivity index (χ4v) is 1.15. The Morgan fingerprint density at radius 1 is 1.43 bits per heavy atom. The van der Waals surface area contributed by atoms with Crippen molar-refractivity contribution in [3.63, 3.8) is 0 Å². The number of methoxy groups -OCH3 is 1. The molecule has 1 unspecified atom stereocenters. The number of rotatable bonds is 7. The van der Waals surface area contributed by atoms with E-state index in [9.17, 15) is 4.79 Å². The van der Waals surface area contributed by atoms with Gasteiger partial charge in [0.05, 0.1) is 6.61 Å². The Labute approximate surface area is 86.0 Å². The normalized spacial score (nSPS) is 12.9. The highest BCUT2D eigenvalue weighted by Gasteiger charge is 2.19. The lowest BCUT2D eigenvalue weighted by atomic mass is 10.2. The first-order valence-corrected chi connectivity index (χ1v) is 5.03. The number of esters is 1. The first-order valence-electron chi connectivity index (χ1n) is 5.03. The quantitative estimate of drug-likeness (QED) is 0.626. The maximum absolute atomic E-state index is 11.4. The second-order valence-corrected chi connectivity index (χ2v) is 3.41. The zero-order valence-corrected chi connectivity index (χ0v) is 9.50. The van der Waals surface area contributed by atoms with Crippen molar-refractivity contribution < 1.29 is 14.3 Å². The molecule has 0 aromatic rings. The molecule has 84 valence electrons. The van der Waals surface area contributed by atoms with Gasteiger partial charge in [-0.25, -0.2) is 0 Å². The summed E-state index contributed by atoms with van der Waals surface area (Å²) in [5.41, 5.74) is 0. The molecule has 0 heterocycles. The van der Waals surface area contributed by atoms with E-state index < -0.39 is 0 Å². The van der Waals surface area contributed by atoms with Gasteiger partial charge in [-0.05, 0) is 13.3 Å². The average Bonchev–Trinajstić information content (AvgIpc) is 2.12. The number of ether oxygens (including phenoxy) is 2. The van der Waals surface area contributed by atoms with Crippen molar-refractivity contribution in [2.24, 2.45) is 0 Å². The third-order valence-electron chi connectivity index (χ3n) is 1.72. The Morgan fingerprint density at radius 2 is 2.07 bits per heavy atom. The summed E-state index contributed by atoms with van der Waals surface area (Å²) >= 11 is 0. The third-order valence-corrected chi connectivity index (χ3v) is 1.72.